The van der Waals surface area contributed by atoms with Gasteiger partial charge >= 0.3 is 5.97 Å². The zero-order chi connectivity index (χ0) is 17.5. The Balaban J connectivity index is 1.97. The molecule has 0 aliphatic rings. The quantitative estimate of drug-likeness (QED) is 0.683. The maximum Gasteiger partial charge on any atom is 0.335 e. The largest absolute Gasteiger partial charge is 0.478 e. The van der Waals surface area contributed by atoms with Gasteiger partial charge in [0.15, 0.2) is 5.13 Å². The minimum Gasteiger partial charge on any atom is -0.478 e. The lowest BCUT2D eigenvalue weighted by molar-refractivity contribution is -0.118. The van der Waals surface area contributed by atoms with E-state index in [0.29, 0.717) is 24.0 Å². The van der Waals surface area contributed by atoms with E-state index in [4.69, 9.17) is 5.11 Å². The first kappa shape index (κ1) is 18.1. The van der Waals surface area contributed by atoms with Gasteiger partial charge in [0.1, 0.15) is 0 Å². The number of carbonyl (C=O) groups is 2. The van der Waals surface area contributed by atoms with Gasteiger partial charge in [-0.25, -0.2) is 9.78 Å². The molecular formula is C17H21N3O3S. The second-order valence-corrected chi connectivity index (χ2v) is 6.79. The van der Waals surface area contributed by atoms with Gasteiger partial charge in [0.05, 0.1) is 11.6 Å². The third kappa shape index (κ3) is 5.43. The number of amides is 1. The Bertz CT molecular complexity index is 669. The molecule has 1 aromatic carbocycles. The Morgan fingerprint density at radius 1 is 1.25 bits per heavy atom. The van der Waals surface area contributed by atoms with Gasteiger partial charge in [0.25, 0.3) is 0 Å². The lowest BCUT2D eigenvalue weighted by Gasteiger charge is -2.19. The average molecular weight is 347 g/mol. The molecule has 2 aromatic rings. The van der Waals surface area contributed by atoms with Crippen LogP contribution in [0, 0.1) is 5.92 Å². The maximum atomic E-state index is 12.4. The molecule has 1 unspecified atom stereocenters. The molecule has 3 N–H and O–H groups in total. The molecule has 0 spiro atoms. The molecule has 2 rings (SSSR count). The number of rotatable bonds is 8. The fourth-order valence-electron chi connectivity index (χ4n) is 2.24. The van der Waals surface area contributed by atoms with Gasteiger partial charge in [-0.05, 0) is 30.0 Å². The summed E-state index contributed by atoms with van der Waals surface area (Å²) in [6.45, 7) is 4.61. The minimum absolute atomic E-state index is 0.110. The normalized spacial score (nSPS) is 12.1. The Labute approximate surface area is 144 Å². The predicted octanol–water partition coefficient (Wildman–Crippen LogP) is 2.98. The molecule has 128 valence electrons. The number of thiazole rings is 1. The van der Waals surface area contributed by atoms with Crippen LogP contribution in [-0.2, 0) is 11.3 Å². The summed E-state index contributed by atoms with van der Waals surface area (Å²) in [6, 6.07) is 6.29. The molecule has 0 saturated heterocycles. The highest BCUT2D eigenvalue weighted by molar-refractivity contribution is 7.13. The molecule has 1 heterocycles. The predicted molar refractivity (Wildman–Crippen MR) is 94.2 cm³/mol. The molecule has 7 heteroatoms. The summed E-state index contributed by atoms with van der Waals surface area (Å²) in [6.07, 6.45) is 2.35. The van der Waals surface area contributed by atoms with E-state index >= 15 is 0 Å². The van der Waals surface area contributed by atoms with E-state index in [0.717, 1.165) is 5.56 Å². The summed E-state index contributed by atoms with van der Waals surface area (Å²) in [5, 5.41) is 17.4. The van der Waals surface area contributed by atoms with Crippen LogP contribution < -0.4 is 10.6 Å². The van der Waals surface area contributed by atoms with E-state index in [1.165, 1.54) is 11.3 Å². The molecule has 0 saturated carbocycles. The highest BCUT2D eigenvalue weighted by atomic mass is 32.1. The first-order valence-corrected chi connectivity index (χ1v) is 8.59. The number of aromatic carboxylic acids is 1. The first-order chi connectivity index (χ1) is 11.5. The number of carbonyl (C=O) groups excluding carboxylic acids is 1. The summed E-state index contributed by atoms with van der Waals surface area (Å²) < 4.78 is 0. The SMILES string of the molecule is CC(C)CC(NCc1ccc(C(=O)O)cc1)C(=O)Nc1nccs1. The number of hydrogen-bond acceptors (Lipinski definition) is 5. The molecule has 0 bridgehead atoms. The van der Waals surface area contributed by atoms with Gasteiger partial charge in [-0.15, -0.1) is 11.3 Å². The Morgan fingerprint density at radius 3 is 2.50 bits per heavy atom. The number of anilines is 1. The second kappa shape index (κ2) is 8.56. The topological polar surface area (TPSA) is 91.3 Å². The summed E-state index contributed by atoms with van der Waals surface area (Å²) in [5.41, 5.74) is 1.18. The zero-order valence-electron chi connectivity index (χ0n) is 13.7. The third-order valence-corrected chi connectivity index (χ3v) is 4.13. The number of hydrogen-bond donors (Lipinski definition) is 3. The van der Waals surface area contributed by atoms with Gasteiger partial charge in [0, 0.05) is 18.1 Å². The molecule has 1 atom stereocenters. The fraction of sp³-hybridized carbons (Fsp3) is 0.353. The lowest BCUT2D eigenvalue weighted by Crippen LogP contribution is -2.41. The van der Waals surface area contributed by atoms with Crippen LogP contribution in [0.3, 0.4) is 0 Å². The minimum atomic E-state index is -0.949. The van der Waals surface area contributed by atoms with Crippen LogP contribution in [0.2, 0.25) is 0 Å². The highest BCUT2D eigenvalue weighted by Gasteiger charge is 2.20. The average Bonchev–Trinajstić information content (AvgIpc) is 3.04. The van der Waals surface area contributed by atoms with Crippen molar-refractivity contribution in [3.63, 3.8) is 0 Å². The third-order valence-electron chi connectivity index (χ3n) is 3.44. The van der Waals surface area contributed by atoms with Crippen molar-refractivity contribution in [3.05, 3.63) is 47.0 Å². The molecular weight excluding hydrogens is 326 g/mol. The molecule has 1 amide bonds. The van der Waals surface area contributed by atoms with Gasteiger partial charge in [-0.2, -0.15) is 0 Å². The molecule has 1 aromatic heterocycles. The molecule has 0 aliphatic carbocycles. The summed E-state index contributed by atoms with van der Waals surface area (Å²) in [5.74, 6) is -0.699. The van der Waals surface area contributed by atoms with Crippen LogP contribution in [0.25, 0.3) is 0 Å². The molecule has 0 aliphatic heterocycles. The van der Waals surface area contributed by atoms with E-state index < -0.39 is 5.97 Å². The van der Waals surface area contributed by atoms with Crippen LogP contribution in [0.15, 0.2) is 35.8 Å². The number of nitrogens with one attached hydrogen (secondary N) is 2. The van der Waals surface area contributed by atoms with Crippen molar-refractivity contribution in [1.29, 1.82) is 0 Å². The van der Waals surface area contributed by atoms with Crippen molar-refractivity contribution in [3.8, 4) is 0 Å². The van der Waals surface area contributed by atoms with Gasteiger partial charge in [-0.1, -0.05) is 26.0 Å². The first-order valence-electron chi connectivity index (χ1n) is 7.71. The number of carboxylic acid groups (broad SMARTS) is 1. The summed E-state index contributed by atoms with van der Waals surface area (Å²) in [4.78, 5) is 27.4. The monoisotopic (exact) mass is 347 g/mol. The smallest absolute Gasteiger partial charge is 0.335 e. The summed E-state index contributed by atoms with van der Waals surface area (Å²) in [7, 11) is 0. The van der Waals surface area contributed by atoms with E-state index in [1.54, 1.807) is 30.5 Å². The van der Waals surface area contributed by atoms with Crippen LogP contribution in [0.4, 0.5) is 5.13 Å². The van der Waals surface area contributed by atoms with E-state index in [-0.39, 0.29) is 17.5 Å². The van der Waals surface area contributed by atoms with Crippen molar-refractivity contribution in [2.75, 3.05) is 5.32 Å². The second-order valence-electron chi connectivity index (χ2n) is 5.89. The number of nitrogens with zero attached hydrogens (tertiary/aromatic N) is 1. The molecule has 0 fully saturated rings. The molecule has 0 radical (unpaired) electrons. The summed E-state index contributed by atoms with van der Waals surface area (Å²) >= 11 is 1.38. The standard InChI is InChI=1S/C17H21N3O3S/c1-11(2)9-14(15(21)20-17-18-7-8-24-17)19-10-12-3-5-13(6-4-12)16(22)23/h3-8,11,14,19H,9-10H2,1-2H3,(H,22,23)(H,18,20,21). The van der Waals surface area contributed by atoms with Crippen LogP contribution >= 0.6 is 11.3 Å². The lowest BCUT2D eigenvalue weighted by atomic mass is 10.0. The van der Waals surface area contributed by atoms with E-state index in [1.807, 2.05) is 5.38 Å². The maximum absolute atomic E-state index is 12.4. The number of aromatic nitrogens is 1. The van der Waals surface area contributed by atoms with Crippen LogP contribution in [0.5, 0.6) is 0 Å². The van der Waals surface area contributed by atoms with E-state index in [9.17, 15) is 9.59 Å². The van der Waals surface area contributed by atoms with Gasteiger partial charge in [-0.3, -0.25) is 4.79 Å². The number of benzene rings is 1. The van der Waals surface area contributed by atoms with Crippen molar-refractivity contribution >= 4 is 28.3 Å². The molecule has 24 heavy (non-hydrogen) atoms. The van der Waals surface area contributed by atoms with Crippen molar-refractivity contribution < 1.29 is 14.7 Å². The Morgan fingerprint density at radius 2 is 1.96 bits per heavy atom. The van der Waals surface area contributed by atoms with Crippen LogP contribution in [-0.4, -0.2) is 28.0 Å². The fourth-order valence-corrected chi connectivity index (χ4v) is 2.77. The van der Waals surface area contributed by atoms with Crippen molar-refractivity contribution in [2.24, 2.45) is 5.92 Å². The van der Waals surface area contributed by atoms with Crippen LogP contribution in [0.1, 0.15) is 36.2 Å². The van der Waals surface area contributed by atoms with Crippen molar-refractivity contribution in [1.82, 2.24) is 10.3 Å². The Hall–Kier alpha value is -2.25. The zero-order valence-corrected chi connectivity index (χ0v) is 14.5. The molecule has 6 nitrogen and oxygen atoms in total. The highest BCUT2D eigenvalue weighted by Crippen LogP contribution is 2.13. The Kier molecular flexibility index (Phi) is 6.45. The van der Waals surface area contributed by atoms with E-state index in [2.05, 4.69) is 29.5 Å². The van der Waals surface area contributed by atoms with Gasteiger partial charge in [0.2, 0.25) is 5.91 Å². The van der Waals surface area contributed by atoms with Gasteiger partial charge < -0.3 is 15.7 Å². The van der Waals surface area contributed by atoms with Crippen molar-refractivity contribution in [2.45, 2.75) is 32.9 Å². The number of carboxylic acids is 1.